The van der Waals surface area contributed by atoms with Gasteiger partial charge in [-0.15, -0.1) is 0 Å². The van der Waals surface area contributed by atoms with Gasteiger partial charge in [0.1, 0.15) is 0 Å². The smallest absolute Gasteiger partial charge is 0.161 e. The summed E-state index contributed by atoms with van der Waals surface area (Å²) in [4.78, 5) is 0. The average Bonchev–Trinajstić information content (AvgIpc) is 2.81. The van der Waals surface area contributed by atoms with Gasteiger partial charge in [0.15, 0.2) is 23.0 Å². The summed E-state index contributed by atoms with van der Waals surface area (Å²) in [5, 5.41) is 0. The molecule has 3 rings (SSSR count). The maximum absolute atomic E-state index is 5.39. The van der Waals surface area contributed by atoms with E-state index in [9.17, 15) is 0 Å². The highest BCUT2D eigenvalue weighted by Gasteiger charge is 2.04. The molecule has 0 atom stereocenters. The maximum atomic E-state index is 5.39. The molecule has 3 aromatic rings. The largest absolute Gasteiger partial charge is 0.493 e. The first-order chi connectivity index (χ1) is 14.7. The van der Waals surface area contributed by atoms with Crippen LogP contribution in [-0.2, 0) is 0 Å². The minimum atomic E-state index is 0.710. The van der Waals surface area contributed by atoms with E-state index in [1.807, 2.05) is 48.5 Å². The molecular formula is C26H26O4. The normalized spacial score (nSPS) is 11.1. The Balaban J connectivity index is 1.84. The van der Waals surface area contributed by atoms with Crippen LogP contribution in [0.4, 0.5) is 0 Å². The quantitative estimate of drug-likeness (QED) is 0.429. The van der Waals surface area contributed by atoms with Gasteiger partial charge in [0.25, 0.3) is 0 Å². The van der Waals surface area contributed by atoms with Gasteiger partial charge < -0.3 is 18.9 Å². The number of hydrogen-bond acceptors (Lipinski definition) is 4. The zero-order valence-electron chi connectivity index (χ0n) is 17.7. The molecule has 0 radical (unpaired) electrons. The lowest BCUT2D eigenvalue weighted by atomic mass is 10.0. The molecule has 30 heavy (non-hydrogen) atoms. The molecule has 0 unspecified atom stereocenters. The second-order valence-corrected chi connectivity index (χ2v) is 6.52. The number of ether oxygens (including phenoxy) is 4. The molecule has 154 valence electrons. The molecule has 0 spiro atoms. The van der Waals surface area contributed by atoms with Gasteiger partial charge in [-0.05, 0) is 46.5 Å². The van der Waals surface area contributed by atoms with E-state index < -0.39 is 0 Å². The zero-order chi connectivity index (χ0) is 21.3. The van der Waals surface area contributed by atoms with Gasteiger partial charge in [-0.2, -0.15) is 0 Å². The summed E-state index contributed by atoms with van der Waals surface area (Å²) in [7, 11) is 6.54. The summed E-state index contributed by atoms with van der Waals surface area (Å²) in [6.07, 6.45) is 8.31. The molecule has 0 saturated carbocycles. The van der Waals surface area contributed by atoms with Crippen molar-refractivity contribution in [3.05, 3.63) is 82.9 Å². The maximum Gasteiger partial charge on any atom is 0.161 e. The lowest BCUT2D eigenvalue weighted by Crippen LogP contribution is -1.90. The van der Waals surface area contributed by atoms with Crippen LogP contribution >= 0.6 is 0 Å². The SMILES string of the molecule is COc1ccc(/C=C/c2ccccc2/C=C/c2ccc(OC)c(OC)c2)cc1OC. The first kappa shape index (κ1) is 21.1. The van der Waals surface area contributed by atoms with Gasteiger partial charge in [0.05, 0.1) is 28.4 Å². The fourth-order valence-corrected chi connectivity index (χ4v) is 3.10. The van der Waals surface area contributed by atoms with E-state index in [-0.39, 0.29) is 0 Å². The van der Waals surface area contributed by atoms with Gasteiger partial charge in [0.2, 0.25) is 0 Å². The van der Waals surface area contributed by atoms with Crippen molar-refractivity contribution in [2.75, 3.05) is 28.4 Å². The molecule has 0 amide bonds. The van der Waals surface area contributed by atoms with E-state index in [1.165, 1.54) is 0 Å². The summed E-state index contributed by atoms with van der Waals surface area (Å²) < 4.78 is 21.4. The third-order valence-electron chi connectivity index (χ3n) is 4.72. The van der Waals surface area contributed by atoms with Crippen molar-refractivity contribution < 1.29 is 18.9 Å². The van der Waals surface area contributed by atoms with Gasteiger partial charge in [-0.25, -0.2) is 0 Å². The minimum absolute atomic E-state index is 0.710. The molecule has 0 saturated heterocycles. The van der Waals surface area contributed by atoms with E-state index in [0.717, 1.165) is 22.3 Å². The predicted molar refractivity (Wildman–Crippen MR) is 123 cm³/mol. The van der Waals surface area contributed by atoms with Crippen LogP contribution in [0.1, 0.15) is 22.3 Å². The molecule has 0 aliphatic carbocycles. The molecule has 0 N–H and O–H groups in total. The van der Waals surface area contributed by atoms with Crippen molar-refractivity contribution in [2.45, 2.75) is 0 Å². The Labute approximate surface area is 178 Å². The third-order valence-corrected chi connectivity index (χ3v) is 4.72. The lowest BCUT2D eigenvalue weighted by Gasteiger charge is -2.08. The predicted octanol–water partition coefficient (Wildman–Crippen LogP) is 6.06. The first-order valence-corrected chi connectivity index (χ1v) is 9.57. The topological polar surface area (TPSA) is 36.9 Å². The molecule has 0 aliphatic rings. The van der Waals surface area contributed by atoms with Crippen LogP contribution < -0.4 is 18.9 Å². The van der Waals surface area contributed by atoms with Crippen LogP contribution in [0.25, 0.3) is 24.3 Å². The van der Waals surface area contributed by atoms with Crippen molar-refractivity contribution >= 4 is 24.3 Å². The highest BCUT2D eigenvalue weighted by molar-refractivity contribution is 5.80. The molecule has 0 heterocycles. The van der Waals surface area contributed by atoms with E-state index in [4.69, 9.17) is 18.9 Å². The average molecular weight is 402 g/mol. The summed E-state index contributed by atoms with van der Waals surface area (Å²) >= 11 is 0. The third kappa shape index (κ3) is 5.03. The highest BCUT2D eigenvalue weighted by Crippen LogP contribution is 2.29. The molecule has 0 bridgehead atoms. The minimum Gasteiger partial charge on any atom is -0.493 e. The first-order valence-electron chi connectivity index (χ1n) is 9.57. The molecular weight excluding hydrogens is 376 g/mol. The fourth-order valence-electron chi connectivity index (χ4n) is 3.10. The Kier molecular flexibility index (Phi) is 7.17. The van der Waals surface area contributed by atoms with Crippen molar-refractivity contribution in [1.82, 2.24) is 0 Å². The zero-order valence-corrected chi connectivity index (χ0v) is 17.7. The Hall–Kier alpha value is -3.66. The van der Waals surface area contributed by atoms with E-state index in [1.54, 1.807) is 28.4 Å². The van der Waals surface area contributed by atoms with Gasteiger partial charge in [-0.3, -0.25) is 0 Å². The van der Waals surface area contributed by atoms with Crippen LogP contribution in [0.15, 0.2) is 60.7 Å². The monoisotopic (exact) mass is 402 g/mol. The molecule has 3 aromatic carbocycles. The molecule has 4 nitrogen and oxygen atoms in total. The van der Waals surface area contributed by atoms with Crippen molar-refractivity contribution in [3.63, 3.8) is 0 Å². The number of rotatable bonds is 8. The number of methoxy groups -OCH3 is 4. The summed E-state index contributed by atoms with van der Waals surface area (Å²) in [6.45, 7) is 0. The number of benzene rings is 3. The van der Waals surface area contributed by atoms with Crippen molar-refractivity contribution in [3.8, 4) is 23.0 Å². The Bertz CT molecular complexity index is 966. The van der Waals surface area contributed by atoms with Gasteiger partial charge in [-0.1, -0.05) is 60.7 Å². The van der Waals surface area contributed by atoms with Crippen molar-refractivity contribution in [2.24, 2.45) is 0 Å². The van der Waals surface area contributed by atoms with Crippen LogP contribution in [0.3, 0.4) is 0 Å². The molecule has 0 aromatic heterocycles. The fraction of sp³-hybridized carbons (Fsp3) is 0.154. The summed E-state index contributed by atoms with van der Waals surface area (Å²) in [5.41, 5.74) is 4.30. The van der Waals surface area contributed by atoms with E-state index in [2.05, 4.69) is 36.4 Å². The molecule has 0 fully saturated rings. The molecule has 4 heteroatoms. The second-order valence-electron chi connectivity index (χ2n) is 6.52. The summed E-state index contributed by atoms with van der Waals surface area (Å²) in [6, 6.07) is 20.0. The van der Waals surface area contributed by atoms with Gasteiger partial charge >= 0.3 is 0 Å². The second kappa shape index (κ2) is 10.2. The summed E-state index contributed by atoms with van der Waals surface area (Å²) in [5.74, 6) is 2.85. The lowest BCUT2D eigenvalue weighted by molar-refractivity contribution is 0.355. The van der Waals surface area contributed by atoms with Crippen LogP contribution in [-0.4, -0.2) is 28.4 Å². The standard InChI is InChI=1S/C26H26O4/c1-27-23-15-11-19(17-25(23)29-3)9-13-21-7-5-6-8-22(21)14-10-20-12-16-24(28-2)26(18-20)30-4/h5-18H,1-4H3/b13-9+,14-10+. The van der Waals surface area contributed by atoms with Crippen LogP contribution in [0, 0.1) is 0 Å². The van der Waals surface area contributed by atoms with Crippen LogP contribution in [0.2, 0.25) is 0 Å². The van der Waals surface area contributed by atoms with Crippen molar-refractivity contribution in [1.29, 1.82) is 0 Å². The molecule has 0 aliphatic heterocycles. The van der Waals surface area contributed by atoms with E-state index in [0.29, 0.717) is 23.0 Å². The Morgan fingerprint density at radius 3 is 1.23 bits per heavy atom. The van der Waals surface area contributed by atoms with Crippen LogP contribution in [0.5, 0.6) is 23.0 Å². The van der Waals surface area contributed by atoms with E-state index >= 15 is 0 Å². The Morgan fingerprint density at radius 1 is 0.467 bits per heavy atom. The number of hydrogen-bond donors (Lipinski definition) is 0. The highest BCUT2D eigenvalue weighted by atomic mass is 16.5. The van der Waals surface area contributed by atoms with Gasteiger partial charge in [0, 0.05) is 0 Å². The Morgan fingerprint density at radius 2 is 0.867 bits per heavy atom.